The minimum Gasteiger partial charge on any atom is -0.491 e. The predicted molar refractivity (Wildman–Crippen MR) is 126 cm³/mol. The molecule has 0 unspecified atom stereocenters. The van der Waals surface area contributed by atoms with Gasteiger partial charge in [0.2, 0.25) is 5.91 Å². The van der Waals surface area contributed by atoms with Crippen molar-refractivity contribution < 1.29 is 23.8 Å². The van der Waals surface area contributed by atoms with Gasteiger partial charge in [0.05, 0.1) is 31.9 Å². The normalized spacial score (nSPS) is 18.8. The molecule has 1 aliphatic carbocycles. The number of benzene rings is 1. The number of hydrogen-bond acceptors (Lipinski definition) is 6. The Labute approximate surface area is 198 Å². The fourth-order valence-electron chi connectivity index (χ4n) is 4.26. The maximum Gasteiger partial charge on any atom is 0.237 e. The van der Waals surface area contributed by atoms with E-state index in [9.17, 15) is 14.3 Å². The van der Waals surface area contributed by atoms with Crippen LogP contribution in [0.5, 0.6) is 5.75 Å². The van der Waals surface area contributed by atoms with Crippen LogP contribution in [-0.4, -0.2) is 72.4 Å². The monoisotopic (exact) mass is 474 g/mol. The van der Waals surface area contributed by atoms with Crippen LogP contribution in [0, 0.1) is 5.82 Å². The van der Waals surface area contributed by atoms with Gasteiger partial charge in [-0.3, -0.25) is 9.69 Å². The molecule has 8 heteroatoms. The number of halogens is 1. The molecule has 1 N–H and O–H groups in total. The van der Waals surface area contributed by atoms with E-state index in [4.69, 9.17) is 9.47 Å². The standard InChI is InChI=1S/C25H31FN2O4S/c1-2-11-31-16-20(29)14-27(19-6-7-19)15-25(30)28-10-8-24-22(9-12-33-24)23(28)17-32-21-5-3-4-18(26)13-21/h2-5,9,12-13,19-20,23,29H,1,6-8,10-11,14-17H2/t20-,23-/m0/s1. The van der Waals surface area contributed by atoms with Crippen molar-refractivity contribution in [2.75, 3.05) is 39.5 Å². The Morgan fingerprint density at radius 2 is 2.24 bits per heavy atom. The van der Waals surface area contributed by atoms with Gasteiger partial charge in [-0.15, -0.1) is 17.9 Å². The molecule has 1 amide bonds. The average molecular weight is 475 g/mol. The Morgan fingerprint density at radius 1 is 1.39 bits per heavy atom. The second-order valence-corrected chi connectivity index (χ2v) is 9.56. The summed E-state index contributed by atoms with van der Waals surface area (Å²) in [4.78, 5) is 18.6. The molecule has 1 saturated carbocycles. The van der Waals surface area contributed by atoms with Crippen molar-refractivity contribution in [2.45, 2.75) is 37.5 Å². The van der Waals surface area contributed by atoms with E-state index in [2.05, 4.69) is 17.5 Å². The summed E-state index contributed by atoms with van der Waals surface area (Å²) in [6, 6.07) is 8.22. The molecule has 4 rings (SSSR count). The molecule has 1 aromatic heterocycles. The molecule has 0 bridgehead atoms. The Kier molecular flexibility index (Phi) is 8.14. The highest BCUT2D eigenvalue weighted by atomic mass is 32.1. The number of hydrogen-bond donors (Lipinski definition) is 1. The van der Waals surface area contributed by atoms with Crippen molar-refractivity contribution in [1.29, 1.82) is 0 Å². The molecule has 1 fully saturated rings. The molecule has 1 aromatic carbocycles. The summed E-state index contributed by atoms with van der Waals surface area (Å²) in [7, 11) is 0. The first kappa shape index (κ1) is 23.9. The molecule has 2 atom stereocenters. The minimum atomic E-state index is -0.657. The first-order valence-corrected chi connectivity index (χ1v) is 12.3. The van der Waals surface area contributed by atoms with Gasteiger partial charge in [-0.2, -0.15) is 0 Å². The van der Waals surface area contributed by atoms with Crippen molar-refractivity contribution in [2.24, 2.45) is 0 Å². The van der Waals surface area contributed by atoms with Gasteiger partial charge in [-0.1, -0.05) is 12.1 Å². The Morgan fingerprint density at radius 3 is 3.00 bits per heavy atom. The van der Waals surface area contributed by atoms with Gasteiger partial charge < -0.3 is 19.5 Å². The molecule has 2 aliphatic rings. The molecule has 6 nitrogen and oxygen atoms in total. The smallest absolute Gasteiger partial charge is 0.237 e. The van der Waals surface area contributed by atoms with Crippen LogP contribution in [0.3, 0.4) is 0 Å². The molecule has 178 valence electrons. The SMILES string of the molecule is C=CCOC[C@@H](O)CN(CC(=O)N1CCc2sccc2[C@@H]1COc1cccc(F)c1)C1CC1. The fourth-order valence-corrected chi connectivity index (χ4v) is 5.19. The van der Waals surface area contributed by atoms with Crippen LogP contribution in [0.25, 0.3) is 0 Å². The van der Waals surface area contributed by atoms with Gasteiger partial charge in [0.25, 0.3) is 0 Å². The quantitative estimate of drug-likeness (QED) is 0.377. The second kappa shape index (κ2) is 11.2. The number of amides is 1. The van der Waals surface area contributed by atoms with Crippen molar-refractivity contribution in [3.63, 3.8) is 0 Å². The highest BCUT2D eigenvalue weighted by Crippen LogP contribution is 2.34. The van der Waals surface area contributed by atoms with Crippen LogP contribution in [0.1, 0.15) is 29.3 Å². The van der Waals surface area contributed by atoms with Crippen LogP contribution in [0.4, 0.5) is 4.39 Å². The number of aliphatic hydroxyl groups excluding tert-OH is 1. The highest BCUT2D eigenvalue weighted by Gasteiger charge is 2.36. The Hall–Kier alpha value is -2.26. The third-order valence-electron chi connectivity index (χ3n) is 6.01. The zero-order valence-corrected chi connectivity index (χ0v) is 19.5. The number of nitrogens with zero attached hydrogens (tertiary/aromatic N) is 2. The predicted octanol–water partition coefficient (Wildman–Crippen LogP) is 3.42. The van der Waals surface area contributed by atoms with Gasteiger partial charge in [0.1, 0.15) is 18.2 Å². The molecule has 0 radical (unpaired) electrons. The van der Waals surface area contributed by atoms with Crippen LogP contribution in [0.2, 0.25) is 0 Å². The van der Waals surface area contributed by atoms with Crippen LogP contribution >= 0.6 is 11.3 Å². The molecule has 1 aliphatic heterocycles. The van der Waals surface area contributed by atoms with E-state index < -0.39 is 6.10 Å². The zero-order chi connectivity index (χ0) is 23.2. The van der Waals surface area contributed by atoms with E-state index in [-0.39, 0.29) is 37.5 Å². The number of aliphatic hydroxyl groups is 1. The van der Waals surface area contributed by atoms with Gasteiger partial charge in [0, 0.05) is 30.1 Å². The van der Waals surface area contributed by atoms with Crippen LogP contribution < -0.4 is 4.74 Å². The summed E-state index contributed by atoms with van der Waals surface area (Å²) in [5.41, 5.74) is 1.10. The van der Waals surface area contributed by atoms with Gasteiger partial charge in [-0.05, 0) is 48.4 Å². The lowest BCUT2D eigenvalue weighted by molar-refractivity contribution is -0.136. The zero-order valence-electron chi connectivity index (χ0n) is 18.7. The number of fused-ring (bicyclic) bond motifs is 1. The Bertz CT molecular complexity index is 948. The van der Waals surface area contributed by atoms with E-state index in [0.29, 0.717) is 31.5 Å². The van der Waals surface area contributed by atoms with E-state index in [0.717, 1.165) is 24.8 Å². The number of rotatable bonds is 12. The first-order chi connectivity index (χ1) is 16.0. The largest absolute Gasteiger partial charge is 0.491 e. The minimum absolute atomic E-state index is 0.0193. The highest BCUT2D eigenvalue weighted by molar-refractivity contribution is 7.10. The van der Waals surface area contributed by atoms with Gasteiger partial charge in [-0.25, -0.2) is 4.39 Å². The van der Waals surface area contributed by atoms with Gasteiger partial charge in [0.15, 0.2) is 0 Å². The van der Waals surface area contributed by atoms with E-state index in [1.54, 1.807) is 29.5 Å². The topological polar surface area (TPSA) is 62.2 Å². The van der Waals surface area contributed by atoms with Crippen molar-refractivity contribution in [3.8, 4) is 5.75 Å². The molecule has 2 aromatic rings. The number of carbonyl (C=O) groups is 1. The van der Waals surface area contributed by atoms with Crippen LogP contribution in [-0.2, 0) is 16.0 Å². The number of thiophene rings is 1. The fraction of sp³-hybridized carbons (Fsp3) is 0.480. The maximum absolute atomic E-state index is 13.6. The first-order valence-electron chi connectivity index (χ1n) is 11.4. The van der Waals surface area contributed by atoms with E-state index in [1.165, 1.54) is 17.0 Å². The lowest BCUT2D eigenvalue weighted by Gasteiger charge is -2.37. The average Bonchev–Trinajstić information content (AvgIpc) is 3.54. The second-order valence-electron chi connectivity index (χ2n) is 8.56. The van der Waals surface area contributed by atoms with E-state index in [1.807, 2.05) is 10.3 Å². The third kappa shape index (κ3) is 6.41. The number of ether oxygens (including phenoxy) is 2. The molecular formula is C25H31FN2O4S. The van der Waals surface area contributed by atoms with Crippen LogP contribution in [0.15, 0.2) is 48.4 Å². The molecule has 0 saturated heterocycles. The summed E-state index contributed by atoms with van der Waals surface area (Å²) in [5.74, 6) is 0.119. The van der Waals surface area contributed by atoms with E-state index >= 15 is 0 Å². The van der Waals surface area contributed by atoms with Gasteiger partial charge >= 0.3 is 0 Å². The summed E-state index contributed by atoms with van der Waals surface area (Å²) in [6.07, 6.45) is 3.88. The lowest BCUT2D eigenvalue weighted by Crippen LogP contribution is -2.48. The number of carbonyl (C=O) groups excluding carboxylic acids is 1. The molecule has 2 heterocycles. The van der Waals surface area contributed by atoms with Crippen molar-refractivity contribution >= 4 is 17.2 Å². The summed E-state index contributed by atoms with van der Waals surface area (Å²) < 4.78 is 24.8. The summed E-state index contributed by atoms with van der Waals surface area (Å²) in [6.45, 7) is 5.75. The third-order valence-corrected chi connectivity index (χ3v) is 7.01. The van der Waals surface area contributed by atoms with Crippen molar-refractivity contribution in [3.05, 3.63) is 64.6 Å². The lowest BCUT2D eigenvalue weighted by atomic mass is 10.0. The summed E-state index contributed by atoms with van der Waals surface area (Å²) in [5, 5.41) is 12.4. The maximum atomic E-state index is 13.6. The molecule has 0 spiro atoms. The molecule has 33 heavy (non-hydrogen) atoms. The van der Waals surface area contributed by atoms with Crippen molar-refractivity contribution in [1.82, 2.24) is 9.80 Å². The Balaban J connectivity index is 1.42. The summed E-state index contributed by atoms with van der Waals surface area (Å²) >= 11 is 1.70. The molecular weight excluding hydrogens is 443 g/mol.